The summed E-state index contributed by atoms with van der Waals surface area (Å²) in [5.41, 5.74) is 3.18. The lowest BCUT2D eigenvalue weighted by Gasteiger charge is -2.33. The lowest BCUT2D eigenvalue weighted by molar-refractivity contribution is -0.0324. The van der Waals surface area contributed by atoms with Crippen LogP contribution in [0.2, 0.25) is 0 Å². The largest absolute Gasteiger partial charge is 0.394 e. The first-order chi connectivity index (χ1) is 16.6. The Morgan fingerprint density at radius 2 is 1.47 bits per heavy atom. The molecule has 4 rings (SSSR count). The van der Waals surface area contributed by atoms with Gasteiger partial charge in [0.1, 0.15) is 12.2 Å². The van der Waals surface area contributed by atoms with Crippen LogP contribution < -0.4 is 0 Å². The summed E-state index contributed by atoms with van der Waals surface area (Å²) < 4.78 is 6.19. The molecule has 180 valence electrons. The van der Waals surface area contributed by atoms with Gasteiger partial charge in [0, 0.05) is 38.6 Å². The van der Waals surface area contributed by atoms with E-state index in [0.717, 1.165) is 24.4 Å². The predicted molar refractivity (Wildman–Crippen MR) is 131 cm³/mol. The molecule has 2 N–H and O–H groups in total. The van der Waals surface area contributed by atoms with Crippen molar-refractivity contribution in [1.29, 1.82) is 0 Å². The maximum atomic E-state index is 11.0. The van der Waals surface area contributed by atoms with E-state index in [1.165, 1.54) is 5.56 Å². The summed E-state index contributed by atoms with van der Waals surface area (Å²) in [4.78, 5) is 13.4. The van der Waals surface area contributed by atoms with Crippen LogP contribution in [0, 0.1) is 0 Å². The minimum absolute atomic E-state index is 0.207. The summed E-state index contributed by atoms with van der Waals surface area (Å²) in [5.74, 6) is 0. The van der Waals surface area contributed by atoms with E-state index in [-0.39, 0.29) is 18.8 Å². The highest BCUT2D eigenvalue weighted by Gasteiger charge is 2.45. The van der Waals surface area contributed by atoms with E-state index in [2.05, 4.69) is 31.9 Å². The van der Waals surface area contributed by atoms with Crippen molar-refractivity contribution in [3.63, 3.8) is 0 Å². The molecule has 1 aromatic carbocycles. The van der Waals surface area contributed by atoms with Crippen LogP contribution in [0.1, 0.15) is 17.0 Å². The topological polar surface area (TPSA) is 82.0 Å². The molecule has 0 unspecified atom stereocenters. The van der Waals surface area contributed by atoms with Crippen LogP contribution in [0.4, 0.5) is 0 Å². The predicted octanol–water partition coefficient (Wildman–Crippen LogP) is 2.14. The molecule has 3 heterocycles. The Hall–Kier alpha value is -2.68. The Balaban J connectivity index is 1.49. The normalized spacial score (nSPS) is 22.5. The number of benzene rings is 1. The van der Waals surface area contributed by atoms with Gasteiger partial charge in [-0.2, -0.15) is 0 Å². The summed E-state index contributed by atoms with van der Waals surface area (Å²) in [6, 6.07) is 21.9. The fourth-order valence-electron chi connectivity index (χ4n) is 4.65. The van der Waals surface area contributed by atoms with E-state index in [0.29, 0.717) is 19.6 Å². The Morgan fingerprint density at radius 1 is 0.853 bits per heavy atom. The zero-order valence-corrected chi connectivity index (χ0v) is 19.6. The molecule has 0 saturated carbocycles. The smallest absolute Gasteiger partial charge is 0.109 e. The quantitative estimate of drug-likeness (QED) is 0.452. The molecule has 4 atom stereocenters. The molecule has 7 heteroatoms. The molecular weight excluding hydrogens is 428 g/mol. The van der Waals surface area contributed by atoms with Crippen LogP contribution in [0.3, 0.4) is 0 Å². The second kappa shape index (κ2) is 12.1. The molecule has 0 spiro atoms. The van der Waals surface area contributed by atoms with E-state index in [4.69, 9.17) is 4.74 Å². The van der Waals surface area contributed by atoms with Crippen LogP contribution >= 0.6 is 0 Å². The van der Waals surface area contributed by atoms with Gasteiger partial charge in [0.15, 0.2) is 0 Å². The van der Waals surface area contributed by atoms with Gasteiger partial charge in [-0.1, -0.05) is 42.5 Å². The molecule has 34 heavy (non-hydrogen) atoms. The standard InChI is InChI=1S/C27H34N4O3/c1-30(16-13-21-9-3-2-4-10-21)26-24(34-25(20-32)27(26)33)19-31(17-22-11-5-7-14-28-22)18-23-12-6-8-15-29-23/h2-12,14-15,24-27,32-33H,13,16-20H2,1H3/t24-,25+,26-,27-/m1/s1. The van der Waals surface area contributed by atoms with E-state index >= 15 is 0 Å². The van der Waals surface area contributed by atoms with Crippen LogP contribution in [-0.4, -0.2) is 81.1 Å². The SMILES string of the molecule is CN(CCc1ccccc1)[C@H]1[C@H](O)[C@H](CO)O[C@@H]1CN(Cc1ccccn1)Cc1ccccn1. The van der Waals surface area contributed by atoms with Crippen molar-refractivity contribution >= 4 is 0 Å². The number of pyridine rings is 2. The van der Waals surface area contributed by atoms with Crippen molar-refractivity contribution in [2.45, 2.75) is 43.9 Å². The maximum absolute atomic E-state index is 11.0. The molecule has 1 saturated heterocycles. The van der Waals surface area contributed by atoms with Crippen LogP contribution in [0.25, 0.3) is 0 Å². The minimum Gasteiger partial charge on any atom is -0.394 e. The fraction of sp³-hybridized carbons (Fsp3) is 0.407. The summed E-state index contributed by atoms with van der Waals surface area (Å²) in [7, 11) is 2.02. The van der Waals surface area contributed by atoms with Gasteiger partial charge < -0.3 is 14.9 Å². The fourth-order valence-corrected chi connectivity index (χ4v) is 4.65. The zero-order valence-electron chi connectivity index (χ0n) is 19.6. The third kappa shape index (κ3) is 6.46. The summed E-state index contributed by atoms with van der Waals surface area (Å²) in [6.07, 6.45) is 2.85. The molecule has 0 amide bonds. The first-order valence-corrected chi connectivity index (χ1v) is 11.8. The third-order valence-electron chi connectivity index (χ3n) is 6.41. The molecule has 0 bridgehead atoms. The molecule has 7 nitrogen and oxygen atoms in total. The molecule has 0 radical (unpaired) electrons. The summed E-state index contributed by atoms with van der Waals surface area (Å²) >= 11 is 0. The van der Waals surface area contributed by atoms with Gasteiger partial charge in [-0.3, -0.25) is 19.8 Å². The van der Waals surface area contributed by atoms with E-state index < -0.39 is 12.2 Å². The van der Waals surface area contributed by atoms with Crippen LogP contribution in [-0.2, 0) is 24.2 Å². The van der Waals surface area contributed by atoms with Gasteiger partial charge in [0.25, 0.3) is 0 Å². The lowest BCUT2D eigenvalue weighted by atomic mass is 10.0. The van der Waals surface area contributed by atoms with E-state index in [9.17, 15) is 10.2 Å². The zero-order chi connectivity index (χ0) is 23.8. The summed E-state index contributed by atoms with van der Waals surface area (Å²) in [6.45, 7) is 2.43. The second-order valence-electron chi connectivity index (χ2n) is 8.90. The number of rotatable bonds is 11. The van der Waals surface area contributed by atoms with Crippen molar-refractivity contribution in [3.8, 4) is 0 Å². The highest BCUT2D eigenvalue weighted by Crippen LogP contribution is 2.27. The van der Waals surface area contributed by atoms with Crippen molar-refractivity contribution in [2.24, 2.45) is 0 Å². The average molecular weight is 463 g/mol. The number of aromatic nitrogens is 2. The Bertz CT molecular complexity index is 935. The second-order valence-corrected chi connectivity index (χ2v) is 8.90. The van der Waals surface area contributed by atoms with Crippen LogP contribution in [0.5, 0.6) is 0 Å². The highest BCUT2D eigenvalue weighted by atomic mass is 16.5. The number of nitrogens with zero attached hydrogens (tertiary/aromatic N) is 4. The highest BCUT2D eigenvalue weighted by molar-refractivity contribution is 5.15. The van der Waals surface area contributed by atoms with Gasteiger partial charge >= 0.3 is 0 Å². The Labute approximate surface area is 201 Å². The van der Waals surface area contributed by atoms with Crippen molar-refractivity contribution in [2.75, 3.05) is 26.7 Å². The number of aliphatic hydroxyl groups is 2. The molecule has 1 aliphatic heterocycles. The monoisotopic (exact) mass is 462 g/mol. The van der Waals surface area contributed by atoms with Crippen LogP contribution in [0.15, 0.2) is 79.1 Å². The van der Waals surface area contributed by atoms with E-state index in [1.807, 2.05) is 61.6 Å². The number of hydrogen-bond acceptors (Lipinski definition) is 7. The van der Waals surface area contributed by atoms with Gasteiger partial charge in [0.05, 0.1) is 30.1 Å². The molecule has 2 aromatic heterocycles. The van der Waals surface area contributed by atoms with Crippen molar-refractivity contribution in [1.82, 2.24) is 19.8 Å². The number of aliphatic hydroxyl groups excluding tert-OH is 2. The van der Waals surface area contributed by atoms with Gasteiger partial charge in [-0.15, -0.1) is 0 Å². The first-order valence-electron chi connectivity index (χ1n) is 11.8. The maximum Gasteiger partial charge on any atom is 0.109 e. The molecule has 3 aromatic rings. The number of ether oxygens (including phenoxy) is 1. The molecular formula is C27H34N4O3. The molecule has 0 aliphatic carbocycles. The summed E-state index contributed by atoms with van der Waals surface area (Å²) in [5, 5.41) is 20.8. The van der Waals surface area contributed by atoms with Gasteiger partial charge in [-0.25, -0.2) is 0 Å². The van der Waals surface area contributed by atoms with Gasteiger partial charge in [0.2, 0.25) is 0 Å². The van der Waals surface area contributed by atoms with E-state index in [1.54, 1.807) is 12.4 Å². The number of hydrogen-bond donors (Lipinski definition) is 2. The minimum atomic E-state index is -0.762. The molecule has 1 aliphatic rings. The average Bonchev–Trinajstić information content (AvgIpc) is 3.19. The number of likely N-dealkylation sites (N-methyl/N-ethyl adjacent to an activating group) is 1. The third-order valence-corrected chi connectivity index (χ3v) is 6.41. The molecule has 1 fully saturated rings. The Kier molecular flexibility index (Phi) is 8.73. The first kappa shape index (κ1) is 24.4. The Morgan fingerprint density at radius 3 is 2.03 bits per heavy atom. The lowest BCUT2D eigenvalue weighted by Crippen LogP contribution is -2.50. The van der Waals surface area contributed by atoms with Gasteiger partial charge in [-0.05, 0) is 43.3 Å². The van der Waals surface area contributed by atoms with Crippen molar-refractivity contribution in [3.05, 3.63) is 96.1 Å². The van der Waals surface area contributed by atoms with Crippen molar-refractivity contribution < 1.29 is 14.9 Å².